The Hall–Kier alpha value is -1.32. The molecule has 1 aliphatic heterocycles. The zero-order valence-corrected chi connectivity index (χ0v) is 10.9. The standard InChI is InChI=1S/C14H16ClN3/c15-13-10-12(11-4-7-16-8-5-11)2-3-14(13)18-9-1-6-17-18/h1-3,6,9-11,16H,4-5,7-8H2. The average molecular weight is 262 g/mol. The van der Waals surface area contributed by atoms with Gasteiger partial charge in [0.1, 0.15) is 0 Å². The number of aromatic nitrogens is 2. The van der Waals surface area contributed by atoms with Crippen molar-refractivity contribution in [3.63, 3.8) is 0 Å². The van der Waals surface area contributed by atoms with Crippen LogP contribution >= 0.6 is 11.6 Å². The first-order valence-electron chi connectivity index (χ1n) is 6.35. The molecule has 1 N–H and O–H groups in total. The van der Waals surface area contributed by atoms with Crippen LogP contribution in [0, 0.1) is 0 Å². The lowest BCUT2D eigenvalue weighted by Gasteiger charge is -2.23. The normalized spacial score (nSPS) is 16.9. The lowest BCUT2D eigenvalue weighted by Crippen LogP contribution is -2.26. The monoisotopic (exact) mass is 261 g/mol. The molecular formula is C14H16ClN3. The van der Waals surface area contributed by atoms with Crippen LogP contribution in [0.1, 0.15) is 24.3 Å². The molecule has 3 rings (SSSR count). The number of halogens is 1. The van der Waals surface area contributed by atoms with Gasteiger partial charge in [-0.3, -0.25) is 0 Å². The Morgan fingerprint density at radius 3 is 2.78 bits per heavy atom. The van der Waals surface area contributed by atoms with Gasteiger partial charge >= 0.3 is 0 Å². The van der Waals surface area contributed by atoms with Crippen molar-refractivity contribution in [3.05, 3.63) is 47.2 Å². The minimum atomic E-state index is 0.635. The largest absolute Gasteiger partial charge is 0.317 e. The van der Waals surface area contributed by atoms with Gasteiger partial charge in [0.15, 0.2) is 0 Å². The van der Waals surface area contributed by atoms with Crippen molar-refractivity contribution in [1.82, 2.24) is 15.1 Å². The van der Waals surface area contributed by atoms with E-state index in [1.807, 2.05) is 12.3 Å². The molecule has 0 atom stereocenters. The van der Waals surface area contributed by atoms with E-state index in [1.165, 1.54) is 18.4 Å². The quantitative estimate of drug-likeness (QED) is 0.901. The van der Waals surface area contributed by atoms with Gasteiger partial charge in [-0.05, 0) is 55.6 Å². The van der Waals surface area contributed by atoms with Crippen LogP contribution in [0.25, 0.3) is 5.69 Å². The van der Waals surface area contributed by atoms with Crippen molar-refractivity contribution in [2.45, 2.75) is 18.8 Å². The van der Waals surface area contributed by atoms with Gasteiger partial charge in [-0.1, -0.05) is 17.7 Å². The lowest BCUT2D eigenvalue weighted by molar-refractivity contribution is 0.460. The Morgan fingerprint density at radius 1 is 1.28 bits per heavy atom. The fourth-order valence-corrected chi connectivity index (χ4v) is 2.81. The molecule has 1 fully saturated rings. The highest BCUT2D eigenvalue weighted by Gasteiger charge is 2.16. The van der Waals surface area contributed by atoms with Crippen molar-refractivity contribution in [2.75, 3.05) is 13.1 Å². The average Bonchev–Trinajstić information content (AvgIpc) is 2.93. The summed E-state index contributed by atoms with van der Waals surface area (Å²) in [7, 11) is 0. The van der Waals surface area contributed by atoms with Crippen LogP contribution in [0.15, 0.2) is 36.7 Å². The maximum Gasteiger partial charge on any atom is 0.0831 e. The molecule has 0 bridgehead atoms. The van der Waals surface area contributed by atoms with Gasteiger partial charge in [-0.2, -0.15) is 5.10 Å². The SMILES string of the molecule is Clc1cc(C2CCNCC2)ccc1-n1cccn1. The second-order valence-electron chi connectivity index (χ2n) is 4.69. The molecule has 1 saturated heterocycles. The smallest absolute Gasteiger partial charge is 0.0831 e. The zero-order chi connectivity index (χ0) is 12.4. The molecule has 0 amide bonds. The molecule has 1 aromatic carbocycles. The first-order valence-corrected chi connectivity index (χ1v) is 6.72. The molecule has 2 aromatic rings. The van der Waals surface area contributed by atoms with Crippen molar-refractivity contribution in [2.24, 2.45) is 0 Å². The summed E-state index contributed by atoms with van der Waals surface area (Å²) < 4.78 is 1.80. The number of nitrogens with one attached hydrogen (secondary N) is 1. The van der Waals surface area contributed by atoms with Gasteiger partial charge in [-0.25, -0.2) is 4.68 Å². The Morgan fingerprint density at radius 2 is 2.11 bits per heavy atom. The highest BCUT2D eigenvalue weighted by molar-refractivity contribution is 6.32. The predicted octanol–water partition coefficient (Wildman–Crippen LogP) is 2.99. The van der Waals surface area contributed by atoms with Crippen LogP contribution in [0.2, 0.25) is 5.02 Å². The molecule has 0 saturated carbocycles. The molecule has 2 heterocycles. The summed E-state index contributed by atoms with van der Waals surface area (Å²) in [5.74, 6) is 0.635. The van der Waals surface area contributed by atoms with Gasteiger partial charge in [0.2, 0.25) is 0 Å². The fourth-order valence-electron chi connectivity index (χ4n) is 2.53. The topological polar surface area (TPSA) is 29.9 Å². The number of rotatable bonds is 2. The molecule has 0 spiro atoms. The fraction of sp³-hybridized carbons (Fsp3) is 0.357. The van der Waals surface area contributed by atoms with Gasteiger partial charge in [-0.15, -0.1) is 0 Å². The first kappa shape index (κ1) is 11.8. The molecule has 0 radical (unpaired) electrons. The van der Waals surface area contributed by atoms with Gasteiger partial charge < -0.3 is 5.32 Å². The van der Waals surface area contributed by atoms with Gasteiger partial charge in [0.25, 0.3) is 0 Å². The summed E-state index contributed by atoms with van der Waals surface area (Å²) in [6.45, 7) is 2.20. The van der Waals surface area contributed by atoms with E-state index in [0.717, 1.165) is 23.8 Å². The third-order valence-corrected chi connectivity index (χ3v) is 3.84. The second kappa shape index (κ2) is 5.12. The highest BCUT2D eigenvalue weighted by Crippen LogP contribution is 2.29. The Labute approximate surface area is 112 Å². The number of hydrogen-bond acceptors (Lipinski definition) is 2. The van der Waals surface area contributed by atoms with E-state index in [9.17, 15) is 0 Å². The van der Waals surface area contributed by atoms with E-state index in [1.54, 1.807) is 10.9 Å². The van der Waals surface area contributed by atoms with Crippen molar-refractivity contribution in [3.8, 4) is 5.69 Å². The third-order valence-electron chi connectivity index (χ3n) is 3.53. The van der Waals surface area contributed by atoms with E-state index in [4.69, 9.17) is 11.6 Å². The molecule has 1 aromatic heterocycles. The summed E-state index contributed by atoms with van der Waals surface area (Å²) >= 11 is 6.36. The second-order valence-corrected chi connectivity index (χ2v) is 5.09. The van der Waals surface area contributed by atoms with Crippen LogP contribution in [0.3, 0.4) is 0 Å². The number of nitrogens with zero attached hydrogens (tertiary/aromatic N) is 2. The minimum absolute atomic E-state index is 0.635. The van der Waals surface area contributed by atoms with Crippen LogP contribution < -0.4 is 5.32 Å². The first-order chi connectivity index (χ1) is 8.84. The van der Waals surface area contributed by atoms with E-state index < -0.39 is 0 Å². The predicted molar refractivity (Wildman–Crippen MR) is 73.4 cm³/mol. The van der Waals surface area contributed by atoms with Gasteiger partial charge in [0, 0.05) is 12.4 Å². The van der Waals surface area contributed by atoms with Crippen LogP contribution in [0.4, 0.5) is 0 Å². The zero-order valence-electron chi connectivity index (χ0n) is 10.1. The maximum absolute atomic E-state index is 6.36. The van der Waals surface area contributed by atoms with Gasteiger partial charge in [0.05, 0.1) is 10.7 Å². The van der Waals surface area contributed by atoms with Crippen LogP contribution in [0.5, 0.6) is 0 Å². The number of hydrogen-bond donors (Lipinski definition) is 1. The van der Waals surface area contributed by atoms with Crippen molar-refractivity contribution < 1.29 is 0 Å². The Balaban J connectivity index is 1.89. The molecule has 1 aliphatic rings. The van der Waals surface area contributed by atoms with Crippen LogP contribution in [-0.4, -0.2) is 22.9 Å². The van der Waals surface area contributed by atoms with Crippen LogP contribution in [-0.2, 0) is 0 Å². The molecule has 0 aliphatic carbocycles. The van der Waals surface area contributed by atoms with Crippen molar-refractivity contribution in [1.29, 1.82) is 0 Å². The Kier molecular flexibility index (Phi) is 3.35. The molecule has 18 heavy (non-hydrogen) atoms. The summed E-state index contributed by atoms with van der Waals surface area (Å²) in [5.41, 5.74) is 2.29. The van der Waals surface area contributed by atoms with E-state index in [2.05, 4.69) is 28.6 Å². The lowest BCUT2D eigenvalue weighted by atomic mass is 9.90. The summed E-state index contributed by atoms with van der Waals surface area (Å²) in [6.07, 6.45) is 6.05. The molecule has 94 valence electrons. The Bertz CT molecular complexity index is 516. The summed E-state index contributed by atoms with van der Waals surface area (Å²) in [5, 5.41) is 8.37. The summed E-state index contributed by atoms with van der Waals surface area (Å²) in [4.78, 5) is 0. The third kappa shape index (κ3) is 2.28. The number of benzene rings is 1. The van der Waals surface area contributed by atoms with E-state index >= 15 is 0 Å². The van der Waals surface area contributed by atoms with Crippen molar-refractivity contribution >= 4 is 11.6 Å². The minimum Gasteiger partial charge on any atom is -0.317 e. The maximum atomic E-state index is 6.36. The molecular weight excluding hydrogens is 246 g/mol. The highest BCUT2D eigenvalue weighted by atomic mass is 35.5. The molecule has 4 heteroatoms. The number of piperidine rings is 1. The molecule has 3 nitrogen and oxygen atoms in total. The summed E-state index contributed by atoms with van der Waals surface area (Å²) in [6, 6.07) is 8.23. The van der Waals surface area contributed by atoms with E-state index in [0.29, 0.717) is 5.92 Å². The van der Waals surface area contributed by atoms with E-state index in [-0.39, 0.29) is 0 Å². The molecule has 0 unspecified atom stereocenters.